The average Bonchev–Trinajstić information content (AvgIpc) is 3.05. The van der Waals surface area contributed by atoms with E-state index in [1.54, 1.807) is 0 Å². The number of hydrogen-bond donors (Lipinski definition) is 0. The summed E-state index contributed by atoms with van der Waals surface area (Å²) in [5, 5.41) is 1.19. The zero-order valence-corrected chi connectivity index (χ0v) is 16.3. The zero-order chi connectivity index (χ0) is 16.0. The maximum atomic E-state index is 5.94. The first-order chi connectivity index (χ1) is 10.4. The standard InChI is InChI=1S/C20H30OSe/c1-14-11-16-17(19(16,2)3)12-18(14)22-13-20(4,21-5)15-9-7-6-8-10-15/h6-10,14,16-18H,11-13H2,1-5H3/t14-,16+,17-,18-,20?/m1/s1. The fraction of sp³-hybridized carbons (Fsp3) is 0.700. The van der Waals surface area contributed by atoms with Crippen LogP contribution in [0.3, 0.4) is 0 Å². The van der Waals surface area contributed by atoms with Gasteiger partial charge in [0.1, 0.15) is 0 Å². The molecule has 0 N–H and O–H groups in total. The van der Waals surface area contributed by atoms with Crippen LogP contribution in [0.15, 0.2) is 30.3 Å². The molecule has 2 heteroatoms. The van der Waals surface area contributed by atoms with Gasteiger partial charge in [-0.05, 0) is 0 Å². The predicted molar refractivity (Wildman–Crippen MR) is 94.3 cm³/mol. The summed E-state index contributed by atoms with van der Waals surface area (Å²) in [6.07, 6.45) is 2.92. The van der Waals surface area contributed by atoms with Gasteiger partial charge >= 0.3 is 142 Å². The number of methoxy groups -OCH3 is 1. The molecule has 5 atom stereocenters. The van der Waals surface area contributed by atoms with Gasteiger partial charge in [-0.15, -0.1) is 0 Å². The van der Waals surface area contributed by atoms with E-state index in [0.29, 0.717) is 20.4 Å². The molecule has 122 valence electrons. The van der Waals surface area contributed by atoms with E-state index in [1.165, 1.54) is 23.7 Å². The Morgan fingerprint density at radius 2 is 1.82 bits per heavy atom. The molecule has 22 heavy (non-hydrogen) atoms. The molecular formula is C20H30OSe. The van der Waals surface area contributed by atoms with Crippen LogP contribution in [0, 0.1) is 23.2 Å². The quantitative estimate of drug-likeness (QED) is 0.655. The number of benzene rings is 1. The third-order valence-corrected chi connectivity index (χ3v) is 10.2. The average molecular weight is 365 g/mol. The molecule has 3 rings (SSSR count). The van der Waals surface area contributed by atoms with Crippen molar-refractivity contribution >= 4 is 15.0 Å². The van der Waals surface area contributed by atoms with Crippen molar-refractivity contribution in [1.82, 2.24) is 0 Å². The molecule has 0 amide bonds. The van der Waals surface area contributed by atoms with Crippen LogP contribution >= 0.6 is 0 Å². The fourth-order valence-corrected chi connectivity index (χ4v) is 7.73. The molecule has 0 heterocycles. The summed E-state index contributed by atoms with van der Waals surface area (Å²) < 4.78 is 5.94. The molecule has 2 aliphatic carbocycles. The molecular weight excluding hydrogens is 335 g/mol. The Bertz CT molecular complexity index is 512. The van der Waals surface area contributed by atoms with E-state index in [-0.39, 0.29) is 5.60 Å². The topological polar surface area (TPSA) is 9.23 Å². The van der Waals surface area contributed by atoms with Crippen LogP contribution in [0.1, 0.15) is 46.1 Å². The Kier molecular flexibility index (Phi) is 4.49. The van der Waals surface area contributed by atoms with Crippen molar-refractivity contribution in [3.8, 4) is 0 Å². The summed E-state index contributed by atoms with van der Waals surface area (Å²) in [6, 6.07) is 10.8. The number of hydrogen-bond acceptors (Lipinski definition) is 1. The Morgan fingerprint density at radius 3 is 2.45 bits per heavy atom. The molecule has 2 fully saturated rings. The summed E-state index contributed by atoms with van der Waals surface area (Å²) in [5.74, 6) is 2.92. The Labute approximate surface area is 142 Å². The molecule has 1 nitrogen and oxygen atoms in total. The molecule has 0 aromatic heterocycles. The van der Waals surface area contributed by atoms with Crippen molar-refractivity contribution in [2.45, 2.75) is 56.3 Å². The second-order valence-electron chi connectivity index (χ2n) is 8.13. The van der Waals surface area contributed by atoms with Gasteiger partial charge in [-0.2, -0.15) is 0 Å². The van der Waals surface area contributed by atoms with Crippen molar-refractivity contribution in [2.24, 2.45) is 23.2 Å². The van der Waals surface area contributed by atoms with Crippen LogP contribution in [0.4, 0.5) is 0 Å². The van der Waals surface area contributed by atoms with Crippen molar-refractivity contribution in [3.63, 3.8) is 0 Å². The molecule has 1 aromatic carbocycles. The minimum absolute atomic E-state index is 0.114. The van der Waals surface area contributed by atoms with E-state index in [0.717, 1.165) is 22.6 Å². The van der Waals surface area contributed by atoms with Crippen LogP contribution in [-0.4, -0.2) is 22.1 Å². The summed E-state index contributed by atoms with van der Waals surface area (Å²) in [5.41, 5.74) is 1.84. The number of rotatable bonds is 5. The summed E-state index contributed by atoms with van der Waals surface area (Å²) >= 11 is 0.656. The normalized spacial score (nSPS) is 35.5. The summed E-state index contributed by atoms with van der Waals surface area (Å²) in [6.45, 7) is 9.71. The molecule has 0 bridgehead atoms. The van der Waals surface area contributed by atoms with Crippen molar-refractivity contribution in [3.05, 3.63) is 35.9 Å². The third kappa shape index (κ3) is 2.90. The maximum absolute atomic E-state index is 5.94. The van der Waals surface area contributed by atoms with Crippen LogP contribution in [0.2, 0.25) is 10.1 Å². The number of fused-ring (bicyclic) bond motifs is 1. The van der Waals surface area contributed by atoms with Crippen molar-refractivity contribution in [1.29, 1.82) is 0 Å². The summed E-state index contributed by atoms with van der Waals surface area (Å²) in [4.78, 5) is 0.939. The van der Waals surface area contributed by atoms with Gasteiger partial charge in [0.15, 0.2) is 0 Å². The Balaban J connectivity index is 1.64. The molecule has 0 aliphatic heterocycles. The van der Waals surface area contributed by atoms with E-state index < -0.39 is 0 Å². The second-order valence-corrected chi connectivity index (χ2v) is 10.7. The van der Waals surface area contributed by atoms with Gasteiger partial charge in [0.25, 0.3) is 0 Å². The molecule has 0 saturated heterocycles. The van der Waals surface area contributed by atoms with E-state index in [1.807, 2.05) is 7.11 Å². The van der Waals surface area contributed by atoms with E-state index in [2.05, 4.69) is 58.0 Å². The molecule has 0 spiro atoms. The molecule has 2 aliphatic rings. The van der Waals surface area contributed by atoms with Gasteiger partial charge in [0, 0.05) is 0 Å². The van der Waals surface area contributed by atoms with Crippen LogP contribution in [0.25, 0.3) is 0 Å². The molecule has 0 radical (unpaired) electrons. The van der Waals surface area contributed by atoms with Crippen molar-refractivity contribution in [2.75, 3.05) is 7.11 Å². The fourth-order valence-electron chi connectivity index (χ4n) is 4.38. The Hall–Kier alpha value is -0.301. The van der Waals surface area contributed by atoms with Crippen LogP contribution in [-0.2, 0) is 10.3 Å². The number of ether oxygens (including phenoxy) is 1. The monoisotopic (exact) mass is 366 g/mol. The molecule has 1 aromatic rings. The van der Waals surface area contributed by atoms with Crippen LogP contribution < -0.4 is 0 Å². The predicted octanol–water partition coefficient (Wildman–Crippen LogP) is 5.16. The van der Waals surface area contributed by atoms with E-state index in [9.17, 15) is 0 Å². The first kappa shape index (κ1) is 16.6. The second kappa shape index (κ2) is 5.96. The zero-order valence-electron chi connectivity index (χ0n) is 14.6. The third-order valence-electron chi connectivity index (χ3n) is 6.44. The first-order valence-electron chi connectivity index (χ1n) is 8.61. The first-order valence-corrected chi connectivity index (χ1v) is 10.8. The summed E-state index contributed by atoms with van der Waals surface area (Å²) in [7, 11) is 1.87. The SMILES string of the molecule is COC(C)(C[Se][C@@H]1C[C@@H]2[C@H](C[C@H]1C)C2(C)C)c1ccccc1. The van der Waals surface area contributed by atoms with Gasteiger partial charge < -0.3 is 0 Å². The van der Waals surface area contributed by atoms with E-state index >= 15 is 0 Å². The van der Waals surface area contributed by atoms with Gasteiger partial charge in [0.2, 0.25) is 0 Å². The van der Waals surface area contributed by atoms with E-state index in [4.69, 9.17) is 4.74 Å². The van der Waals surface area contributed by atoms with Gasteiger partial charge in [-0.3, -0.25) is 0 Å². The molecule has 2 saturated carbocycles. The van der Waals surface area contributed by atoms with Gasteiger partial charge in [-0.25, -0.2) is 0 Å². The van der Waals surface area contributed by atoms with Gasteiger partial charge in [0.05, 0.1) is 0 Å². The molecule has 1 unspecified atom stereocenters. The van der Waals surface area contributed by atoms with Crippen molar-refractivity contribution < 1.29 is 4.74 Å². The minimum atomic E-state index is -0.114. The van der Waals surface area contributed by atoms with Gasteiger partial charge in [-0.1, -0.05) is 0 Å². The Morgan fingerprint density at radius 1 is 1.18 bits per heavy atom. The van der Waals surface area contributed by atoms with Crippen LogP contribution in [0.5, 0.6) is 0 Å².